The van der Waals surface area contributed by atoms with Crippen LogP contribution in [0.3, 0.4) is 0 Å². The van der Waals surface area contributed by atoms with Gasteiger partial charge < -0.3 is 19.9 Å². The average Bonchev–Trinajstić information content (AvgIpc) is 3.19. The summed E-state index contributed by atoms with van der Waals surface area (Å²) >= 11 is 6.38. The Morgan fingerprint density at radius 2 is 2.06 bits per heavy atom. The number of alkyl halides is 1. The van der Waals surface area contributed by atoms with Gasteiger partial charge in [0.1, 0.15) is 12.4 Å². The van der Waals surface area contributed by atoms with Crippen molar-refractivity contribution in [2.24, 2.45) is 11.7 Å². The van der Waals surface area contributed by atoms with E-state index in [2.05, 4.69) is 55.0 Å². The molecular formula is C25H31ClN4O2. The van der Waals surface area contributed by atoms with Gasteiger partial charge in [0.15, 0.2) is 0 Å². The van der Waals surface area contributed by atoms with Gasteiger partial charge in [-0.1, -0.05) is 62.4 Å². The minimum absolute atomic E-state index is 0.0261. The number of hydrogen-bond donors (Lipinski definition) is 1. The standard InChI is InChI=1S/C25H31ClN4O2/c1-17(2)24(30-14-21(12-27)32-16-23(30)31)25-28-22(19-9-6-10-20(26)11-19)15-29(25)13-18-7-4-3-5-8-18/h3-9,11,15,17,20-21,24H,10,12-14,16,27H2,1-2H3/t20?,21-,24+/m0/s1. The first-order valence-corrected chi connectivity index (χ1v) is 11.6. The summed E-state index contributed by atoms with van der Waals surface area (Å²) in [6.07, 6.45) is 8.95. The fourth-order valence-electron chi connectivity index (χ4n) is 4.38. The molecular weight excluding hydrogens is 424 g/mol. The number of carbonyl (C=O) groups is 1. The third-order valence-corrected chi connectivity index (χ3v) is 6.28. The molecule has 2 aliphatic rings. The monoisotopic (exact) mass is 454 g/mol. The van der Waals surface area contributed by atoms with Gasteiger partial charge in [-0.25, -0.2) is 4.98 Å². The summed E-state index contributed by atoms with van der Waals surface area (Å²) in [4.78, 5) is 19.8. The summed E-state index contributed by atoms with van der Waals surface area (Å²) in [5, 5.41) is -0.0373. The zero-order valence-electron chi connectivity index (χ0n) is 18.7. The van der Waals surface area contributed by atoms with E-state index in [0.29, 0.717) is 19.6 Å². The Morgan fingerprint density at radius 1 is 1.28 bits per heavy atom. The number of nitrogens with zero attached hydrogens (tertiary/aromatic N) is 3. The van der Waals surface area contributed by atoms with Crippen LogP contribution in [0.5, 0.6) is 0 Å². The van der Waals surface area contributed by atoms with Crippen LogP contribution in [0.25, 0.3) is 5.57 Å². The lowest BCUT2D eigenvalue weighted by molar-refractivity contribution is -0.153. The summed E-state index contributed by atoms with van der Waals surface area (Å²) in [6, 6.07) is 10.1. The highest BCUT2D eigenvalue weighted by Gasteiger charge is 2.36. The number of nitrogens with two attached hydrogens (primary N) is 1. The van der Waals surface area contributed by atoms with E-state index in [9.17, 15) is 4.79 Å². The van der Waals surface area contributed by atoms with Crippen molar-refractivity contribution in [1.29, 1.82) is 0 Å². The Labute approximate surface area is 194 Å². The van der Waals surface area contributed by atoms with Crippen LogP contribution in [0, 0.1) is 5.92 Å². The lowest BCUT2D eigenvalue weighted by Crippen LogP contribution is -2.51. The zero-order valence-corrected chi connectivity index (χ0v) is 19.4. The van der Waals surface area contributed by atoms with Crippen molar-refractivity contribution >= 4 is 23.1 Å². The molecule has 170 valence electrons. The lowest BCUT2D eigenvalue weighted by Gasteiger charge is -2.39. The number of allylic oxidation sites excluding steroid dienone is 4. The first kappa shape index (κ1) is 22.8. The molecule has 1 aromatic carbocycles. The Kier molecular flexibility index (Phi) is 7.13. The third-order valence-electron chi connectivity index (χ3n) is 5.98. The van der Waals surface area contributed by atoms with E-state index in [1.807, 2.05) is 23.1 Å². The smallest absolute Gasteiger partial charge is 0.249 e. The van der Waals surface area contributed by atoms with Crippen LogP contribution >= 0.6 is 11.6 Å². The summed E-state index contributed by atoms with van der Waals surface area (Å²) in [7, 11) is 0. The zero-order chi connectivity index (χ0) is 22.7. The Bertz CT molecular complexity index is 999. The van der Waals surface area contributed by atoms with Crippen LogP contribution < -0.4 is 5.73 Å². The van der Waals surface area contributed by atoms with Crippen molar-refractivity contribution in [1.82, 2.24) is 14.5 Å². The van der Waals surface area contributed by atoms with Gasteiger partial charge in [0.25, 0.3) is 0 Å². The van der Waals surface area contributed by atoms with Gasteiger partial charge in [-0.05, 0) is 23.5 Å². The normalized spacial score (nSPS) is 22.3. The fraction of sp³-hybridized carbons (Fsp3) is 0.440. The Balaban J connectivity index is 1.76. The van der Waals surface area contributed by atoms with Crippen LogP contribution in [0.1, 0.15) is 43.4 Å². The van der Waals surface area contributed by atoms with E-state index < -0.39 is 0 Å². The number of benzene rings is 1. The van der Waals surface area contributed by atoms with Crippen LogP contribution in [-0.2, 0) is 16.1 Å². The summed E-state index contributed by atoms with van der Waals surface area (Å²) in [6.45, 7) is 5.83. The molecule has 3 atom stereocenters. The molecule has 1 amide bonds. The topological polar surface area (TPSA) is 73.4 Å². The van der Waals surface area contributed by atoms with Gasteiger partial charge in [0, 0.05) is 25.8 Å². The second-order valence-corrected chi connectivity index (χ2v) is 9.34. The molecule has 2 aromatic rings. The van der Waals surface area contributed by atoms with E-state index in [4.69, 9.17) is 27.1 Å². The first-order valence-electron chi connectivity index (χ1n) is 11.2. The number of rotatable bonds is 7. The average molecular weight is 455 g/mol. The quantitative estimate of drug-likeness (QED) is 0.646. The molecule has 0 bridgehead atoms. The number of aromatic nitrogens is 2. The van der Waals surface area contributed by atoms with Gasteiger partial charge in [0.2, 0.25) is 5.91 Å². The van der Waals surface area contributed by atoms with Gasteiger partial charge in [-0.15, -0.1) is 11.6 Å². The van der Waals surface area contributed by atoms with E-state index in [1.54, 1.807) is 0 Å². The Hall–Kier alpha value is -2.41. The van der Waals surface area contributed by atoms with E-state index in [-0.39, 0.29) is 36.0 Å². The van der Waals surface area contributed by atoms with Crippen molar-refractivity contribution in [3.8, 4) is 0 Å². The second-order valence-electron chi connectivity index (χ2n) is 8.78. The summed E-state index contributed by atoms with van der Waals surface area (Å²) in [5.74, 6) is 1.01. The third kappa shape index (κ3) is 4.98. The minimum Gasteiger partial charge on any atom is -0.365 e. The maximum absolute atomic E-state index is 12.9. The fourth-order valence-corrected chi connectivity index (χ4v) is 4.62. The largest absolute Gasteiger partial charge is 0.365 e. The molecule has 2 heterocycles. The number of imidazole rings is 1. The highest BCUT2D eigenvalue weighted by atomic mass is 35.5. The minimum atomic E-state index is -0.183. The van der Waals surface area contributed by atoms with Crippen LogP contribution in [-0.4, -0.2) is 51.5 Å². The lowest BCUT2D eigenvalue weighted by atomic mass is 9.99. The molecule has 1 aromatic heterocycles. The molecule has 1 unspecified atom stereocenters. The van der Waals surface area contributed by atoms with E-state index in [1.165, 1.54) is 5.56 Å². The number of carbonyl (C=O) groups excluding carboxylic acids is 1. The van der Waals surface area contributed by atoms with Crippen molar-refractivity contribution in [2.75, 3.05) is 19.7 Å². The molecule has 2 N–H and O–H groups in total. The van der Waals surface area contributed by atoms with Gasteiger partial charge >= 0.3 is 0 Å². The maximum Gasteiger partial charge on any atom is 0.249 e. The van der Waals surface area contributed by atoms with E-state index in [0.717, 1.165) is 23.5 Å². The first-order chi connectivity index (χ1) is 15.5. The van der Waals surface area contributed by atoms with Crippen molar-refractivity contribution in [3.63, 3.8) is 0 Å². The Morgan fingerprint density at radius 3 is 2.75 bits per heavy atom. The molecule has 0 spiro atoms. The predicted molar refractivity (Wildman–Crippen MR) is 127 cm³/mol. The molecule has 0 radical (unpaired) electrons. The molecule has 4 rings (SSSR count). The molecule has 0 saturated carbocycles. The number of hydrogen-bond acceptors (Lipinski definition) is 4. The molecule has 6 nitrogen and oxygen atoms in total. The van der Waals surface area contributed by atoms with Crippen LogP contribution in [0.15, 0.2) is 54.8 Å². The highest BCUT2D eigenvalue weighted by molar-refractivity contribution is 6.22. The van der Waals surface area contributed by atoms with Crippen molar-refractivity contribution in [2.45, 2.75) is 44.3 Å². The summed E-state index contributed by atoms with van der Waals surface area (Å²) < 4.78 is 7.77. The number of halogens is 1. The SMILES string of the molecule is CC(C)[C@H](c1nc(C2=CC(Cl)CC=C2)cn1Cc1ccccc1)N1C[C@H](CN)OCC1=O. The number of amides is 1. The summed E-state index contributed by atoms with van der Waals surface area (Å²) in [5.41, 5.74) is 8.93. The van der Waals surface area contributed by atoms with Crippen molar-refractivity contribution in [3.05, 3.63) is 71.8 Å². The van der Waals surface area contributed by atoms with Crippen LogP contribution in [0.4, 0.5) is 0 Å². The van der Waals surface area contributed by atoms with E-state index >= 15 is 0 Å². The molecule has 1 aliphatic carbocycles. The number of ether oxygens (including phenoxy) is 1. The second kappa shape index (κ2) is 10.0. The van der Waals surface area contributed by atoms with Crippen LogP contribution in [0.2, 0.25) is 0 Å². The molecule has 1 aliphatic heterocycles. The number of morpholine rings is 1. The molecule has 7 heteroatoms. The van der Waals surface area contributed by atoms with Gasteiger partial charge in [-0.3, -0.25) is 4.79 Å². The predicted octanol–water partition coefficient (Wildman–Crippen LogP) is 3.77. The molecule has 1 saturated heterocycles. The highest BCUT2D eigenvalue weighted by Crippen LogP contribution is 2.33. The van der Waals surface area contributed by atoms with Gasteiger partial charge in [-0.2, -0.15) is 0 Å². The maximum atomic E-state index is 12.9. The molecule has 32 heavy (non-hydrogen) atoms. The van der Waals surface area contributed by atoms with Gasteiger partial charge in [0.05, 0.1) is 23.2 Å². The molecule has 1 fully saturated rings. The van der Waals surface area contributed by atoms with Crippen molar-refractivity contribution < 1.29 is 9.53 Å².